The maximum Gasteiger partial charge on any atom is 0.272 e. The molecule has 33 heavy (non-hydrogen) atoms. The number of benzene rings is 1. The summed E-state index contributed by atoms with van der Waals surface area (Å²) in [7, 11) is 1.96. The van der Waals surface area contributed by atoms with Crippen LogP contribution in [0.3, 0.4) is 0 Å². The first-order valence-corrected chi connectivity index (χ1v) is 11.3. The fraction of sp³-hybridized carbons (Fsp3) is 0.542. The molecule has 0 spiro atoms. The monoisotopic (exact) mass is 459 g/mol. The lowest BCUT2D eigenvalue weighted by atomic mass is 9.86. The highest BCUT2D eigenvalue weighted by Gasteiger charge is 2.38. The number of hydrogen-bond donors (Lipinski definition) is 2. The van der Waals surface area contributed by atoms with Crippen LogP contribution in [0.2, 0.25) is 0 Å². The van der Waals surface area contributed by atoms with E-state index in [0.717, 1.165) is 25.0 Å². The molecule has 1 aliphatic carbocycles. The van der Waals surface area contributed by atoms with Gasteiger partial charge in [-0.05, 0) is 50.4 Å². The van der Waals surface area contributed by atoms with Gasteiger partial charge in [0.05, 0.1) is 5.69 Å². The van der Waals surface area contributed by atoms with Crippen LogP contribution in [0.5, 0.6) is 0 Å². The quantitative estimate of drug-likeness (QED) is 0.720. The van der Waals surface area contributed by atoms with Gasteiger partial charge in [-0.3, -0.25) is 14.5 Å². The van der Waals surface area contributed by atoms with Gasteiger partial charge in [-0.2, -0.15) is 0 Å². The average molecular weight is 460 g/mol. The summed E-state index contributed by atoms with van der Waals surface area (Å²) in [5.74, 6) is -2.17. The number of likely N-dealkylation sites (N-methyl/N-ethyl adjacent to an activating group) is 1. The Bertz CT molecular complexity index is 1090. The maximum absolute atomic E-state index is 14.0. The van der Waals surface area contributed by atoms with Crippen LogP contribution in [0.15, 0.2) is 18.2 Å². The van der Waals surface area contributed by atoms with Crippen molar-refractivity contribution in [3.05, 3.63) is 41.2 Å². The van der Waals surface area contributed by atoms with Gasteiger partial charge < -0.3 is 15.2 Å². The smallest absolute Gasteiger partial charge is 0.272 e. The molecule has 178 valence electrons. The van der Waals surface area contributed by atoms with E-state index < -0.39 is 29.0 Å². The molecular weight excluding hydrogens is 428 g/mol. The number of aromatic nitrogens is 2. The summed E-state index contributed by atoms with van der Waals surface area (Å²) < 4.78 is 29.4. The minimum Gasteiger partial charge on any atom is -0.352 e. The first-order valence-electron chi connectivity index (χ1n) is 11.3. The van der Waals surface area contributed by atoms with Crippen molar-refractivity contribution in [2.75, 3.05) is 7.05 Å². The molecule has 0 saturated heterocycles. The van der Waals surface area contributed by atoms with Gasteiger partial charge in [-0.25, -0.2) is 13.8 Å². The molecule has 0 bridgehead atoms. The third-order valence-corrected chi connectivity index (χ3v) is 6.39. The Balaban J connectivity index is 1.71. The predicted octanol–water partition coefficient (Wildman–Crippen LogP) is 3.09. The van der Waals surface area contributed by atoms with E-state index in [9.17, 15) is 18.4 Å². The maximum atomic E-state index is 14.0. The highest BCUT2D eigenvalue weighted by molar-refractivity contribution is 5.98. The summed E-state index contributed by atoms with van der Waals surface area (Å²) in [5.41, 5.74) is 0.762. The van der Waals surface area contributed by atoms with Crippen LogP contribution in [0.25, 0.3) is 11.4 Å². The van der Waals surface area contributed by atoms with Gasteiger partial charge in [0.25, 0.3) is 5.91 Å². The van der Waals surface area contributed by atoms with Crippen LogP contribution in [0.1, 0.15) is 56.7 Å². The fourth-order valence-corrected chi connectivity index (χ4v) is 4.06. The zero-order valence-electron chi connectivity index (χ0n) is 19.7. The number of fused-ring (bicyclic) bond motifs is 1. The second-order valence-corrected chi connectivity index (χ2v) is 10.3. The molecule has 1 saturated carbocycles. The van der Waals surface area contributed by atoms with E-state index in [1.165, 1.54) is 6.07 Å². The van der Waals surface area contributed by atoms with E-state index in [0.29, 0.717) is 30.2 Å². The lowest BCUT2D eigenvalue weighted by molar-refractivity contribution is -0.125. The third kappa shape index (κ3) is 4.78. The van der Waals surface area contributed by atoms with Crippen molar-refractivity contribution >= 4 is 11.8 Å². The van der Waals surface area contributed by atoms with Crippen LogP contribution in [0, 0.1) is 17.0 Å². The fourth-order valence-electron chi connectivity index (χ4n) is 4.06. The lowest BCUT2D eigenvalue weighted by Gasteiger charge is -2.33. The zero-order chi connectivity index (χ0) is 24.1. The van der Waals surface area contributed by atoms with E-state index in [2.05, 4.69) is 27.4 Å². The van der Waals surface area contributed by atoms with Gasteiger partial charge in [0.1, 0.15) is 11.9 Å². The molecule has 9 heteroatoms. The SMILES string of the molecule is CC1Cn2c(-c3ccc(F)c(F)c3)nc(C(=O)N[C@H](C(=O)NC3CC3)C(C)(C)C)c2CN1C. The Labute approximate surface area is 192 Å². The summed E-state index contributed by atoms with van der Waals surface area (Å²) in [6.45, 7) is 8.76. The van der Waals surface area contributed by atoms with Crippen molar-refractivity contribution in [3.63, 3.8) is 0 Å². The average Bonchev–Trinajstić information content (AvgIpc) is 3.47. The Kier molecular flexibility index (Phi) is 6.03. The molecule has 4 rings (SSSR count). The topological polar surface area (TPSA) is 79.3 Å². The van der Waals surface area contributed by atoms with E-state index in [1.807, 2.05) is 32.4 Å². The number of rotatable bonds is 5. The molecule has 2 aromatic rings. The number of carbonyl (C=O) groups is 2. The minimum atomic E-state index is -0.971. The summed E-state index contributed by atoms with van der Waals surface area (Å²) in [4.78, 5) is 32.9. The third-order valence-electron chi connectivity index (χ3n) is 6.39. The number of imidazole rings is 1. The van der Waals surface area contributed by atoms with E-state index in [-0.39, 0.29) is 23.7 Å². The molecule has 2 heterocycles. The van der Waals surface area contributed by atoms with Crippen LogP contribution < -0.4 is 10.6 Å². The minimum absolute atomic E-state index is 0.165. The van der Waals surface area contributed by atoms with Gasteiger partial charge in [0.2, 0.25) is 5.91 Å². The Morgan fingerprint density at radius 3 is 2.48 bits per heavy atom. The molecular formula is C24H31F2N5O2. The van der Waals surface area contributed by atoms with Crippen molar-refractivity contribution < 1.29 is 18.4 Å². The van der Waals surface area contributed by atoms with Gasteiger partial charge in [-0.1, -0.05) is 20.8 Å². The van der Waals surface area contributed by atoms with Crippen molar-refractivity contribution in [1.82, 2.24) is 25.1 Å². The van der Waals surface area contributed by atoms with Crippen LogP contribution in [0.4, 0.5) is 8.78 Å². The molecule has 1 unspecified atom stereocenters. The molecule has 0 radical (unpaired) electrons. The Morgan fingerprint density at radius 1 is 1.18 bits per heavy atom. The number of carbonyl (C=O) groups excluding carboxylic acids is 2. The highest BCUT2D eigenvalue weighted by Crippen LogP contribution is 2.30. The summed E-state index contributed by atoms with van der Waals surface area (Å²) >= 11 is 0. The molecule has 2 atom stereocenters. The predicted molar refractivity (Wildman–Crippen MR) is 120 cm³/mol. The molecule has 1 aromatic heterocycles. The number of amides is 2. The molecule has 2 amide bonds. The number of nitrogens with zero attached hydrogens (tertiary/aromatic N) is 3. The second kappa shape index (κ2) is 8.52. The molecule has 2 aliphatic rings. The van der Waals surface area contributed by atoms with E-state index >= 15 is 0 Å². The van der Waals surface area contributed by atoms with Crippen molar-refractivity contribution in [2.24, 2.45) is 5.41 Å². The van der Waals surface area contributed by atoms with Crippen LogP contribution >= 0.6 is 0 Å². The largest absolute Gasteiger partial charge is 0.352 e. The molecule has 1 aromatic carbocycles. The Hall–Kier alpha value is -2.81. The first-order chi connectivity index (χ1) is 15.5. The van der Waals surface area contributed by atoms with E-state index in [1.54, 1.807) is 0 Å². The molecule has 1 aliphatic heterocycles. The van der Waals surface area contributed by atoms with Gasteiger partial charge in [-0.15, -0.1) is 0 Å². The van der Waals surface area contributed by atoms with Crippen molar-refractivity contribution in [1.29, 1.82) is 0 Å². The zero-order valence-corrected chi connectivity index (χ0v) is 19.7. The van der Waals surface area contributed by atoms with E-state index in [4.69, 9.17) is 0 Å². The number of hydrogen-bond acceptors (Lipinski definition) is 4. The summed E-state index contributed by atoms with van der Waals surface area (Å²) in [5, 5.41) is 5.86. The molecule has 1 fully saturated rings. The van der Waals surface area contributed by atoms with Crippen LogP contribution in [-0.4, -0.2) is 51.4 Å². The first kappa shape index (κ1) is 23.4. The van der Waals surface area contributed by atoms with Crippen LogP contribution in [-0.2, 0) is 17.9 Å². The summed E-state index contributed by atoms with van der Waals surface area (Å²) in [6.07, 6.45) is 1.90. The van der Waals surface area contributed by atoms with Gasteiger partial charge >= 0.3 is 0 Å². The normalized spacial score (nSPS) is 19.7. The Morgan fingerprint density at radius 2 is 1.88 bits per heavy atom. The number of halogens is 2. The lowest BCUT2D eigenvalue weighted by Crippen LogP contribution is -2.54. The number of nitrogens with one attached hydrogen (secondary N) is 2. The van der Waals surface area contributed by atoms with Crippen molar-refractivity contribution in [2.45, 2.75) is 71.8 Å². The van der Waals surface area contributed by atoms with Crippen molar-refractivity contribution in [3.8, 4) is 11.4 Å². The molecule has 7 nitrogen and oxygen atoms in total. The van der Waals surface area contributed by atoms with Gasteiger partial charge in [0, 0.05) is 30.7 Å². The summed E-state index contributed by atoms with van der Waals surface area (Å²) in [6, 6.07) is 3.21. The standard InChI is InChI=1S/C24H31F2N5O2/c1-13-11-31-18(12-30(13)5)19(28-21(31)14-6-9-16(25)17(26)10-14)22(32)29-20(24(2,3)4)23(33)27-15-7-8-15/h6,9-10,13,15,20H,7-8,11-12H2,1-5H3,(H,27,33)(H,29,32)/t13?,20-/m1/s1. The second-order valence-electron chi connectivity index (χ2n) is 10.3. The van der Waals surface area contributed by atoms with Gasteiger partial charge in [0.15, 0.2) is 17.3 Å². The highest BCUT2D eigenvalue weighted by atomic mass is 19.2. The molecule has 2 N–H and O–H groups in total.